The maximum Gasteiger partial charge on any atom is 0.190 e. The number of thioether (sulfide) groups is 1. The fourth-order valence-electron chi connectivity index (χ4n) is 1.34. The Bertz CT molecular complexity index is 309. The molecule has 0 spiro atoms. The van der Waals surface area contributed by atoms with Crippen LogP contribution in [0.5, 0.6) is 0 Å². The summed E-state index contributed by atoms with van der Waals surface area (Å²) in [6.45, 7) is 5.03. The van der Waals surface area contributed by atoms with Crippen LogP contribution in [-0.4, -0.2) is 27.1 Å². The predicted octanol–water partition coefficient (Wildman–Crippen LogP) is 2.62. The summed E-state index contributed by atoms with van der Waals surface area (Å²) in [7, 11) is 0. The number of nitrogens with zero attached hydrogens (tertiary/aromatic N) is 2. The van der Waals surface area contributed by atoms with E-state index in [1.807, 2.05) is 6.07 Å². The summed E-state index contributed by atoms with van der Waals surface area (Å²) in [4.78, 5) is 11.8. The number of aromatic nitrogens is 2. The van der Waals surface area contributed by atoms with Crippen molar-refractivity contribution in [3.8, 4) is 0 Å². The highest BCUT2D eigenvalue weighted by Crippen LogP contribution is 2.08. The van der Waals surface area contributed by atoms with Crippen LogP contribution in [0.2, 0.25) is 0 Å². The van der Waals surface area contributed by atoms with E-state index in [1.165, 1.54) is 0 Å². The zero-order valence-corrected chi connectivity index (χ0v) is 10.2. The van der Waals surface area contributed by atoms with E-state index in [0.717, 1.165) is 30.8 Å². The van der Waals surface area contributed by atoms with Gasteiger partial charge < -0.3 is 0 Å². The molecule has 84 valence electrons. The van der Waals surface area contributed by atoms with Crippen molar-refractivity contribution in [1.82, 2.24) is 9.78 Å². The first kappa shape index (κ1) is 12.3. The molecule has 1 heterocycles. The molecule has 0 amide bonds. The molecule has 4 heteroatoms. The first-order valence-electron chi connectivity index (χ1n) is 5.42. The number of hydrogen-bond donors (Lipinski definition) is 0. The highest BCUT2D eigenvalue weighted by Gasteiger charge is 2.10. The number of Topliss-reactive ketones (excluding diaryl/α,β-unsaturated/α-hetero) is 1. The van der Waals surface area contributed by atoms with Gasteiger partial charge in [0.25, 0.3) is 0 Å². The van der Waals surface area contributed by atoms with Crippen molar-refractivity contribution in [3.05, 3.63) is 18.0 Å². The molecule has 0 saturated heterocycles. The molecule has 0 aliphatic carbocycles. The standard InChI is InChI=1S/C11H18N2OS/c1-3-7-13-10(5-6-12-13)11(14)9-15-8-4-2/h5-6H,3-4,7-9H2,1-2H3. The average Bonchev–Trinajstić information content (AvgIpc) is 2.67. The molecule has 0 fully saturated rings. The van der Waals surface area contributed by atoms with Crippen LogP contribution in [0.3, 0.4) is 0 Å². The Morgan fingerprint density at radius 2 is 2.27 bits per heavy atom. The third kappa shape index (κ3) is 3.70. The third-order valence-electron chi connectivity index (χ3n) is 2.02. The average molecular weight is 226 g/mol. The van der Waals surface area contributed by atoms with Crippen LogP contribution < -0.4 is 0 Å². The van der Waals surface area contributed by atoms with E-state index in [9.17, 15) is 4.79 Å². The summed E-state index contributed by atoms with van der Waals surface area (Å²) >= 11 is 1.70. The fraction of sp³-hybridized carbons (Fsp3) is 0.636. The van der Waals surface area contributed by atoms with E-state index in [0.29, 0.717) is 5.75 Å². The number of ketones is 1. The number of hydrogen-bond acceptors (Lipinski definition) is 3. The molecule has 0 aliphatic rings. The van der Waals surface area contributed by atoms with E-state index in [-0.39, 0.29) is 5.78 Å². The predicted molar refractivity (Wildman–Crippen MR) is 64.5 cm³/mol. The van der Waals surface area contributed by atoms with Gasteiger partial charge in [-0.2, -0.15) is 16.9 Å². The topological polar surface area (TPSA) is 34.9 Å². The van der Waals surface area contributed by atoms with Gasteiger partial charge in [0.15, 0.2) is 5.78 Å². The highest BCUT2D eigenvalue weighted by molar-refractivity contribution is 7.99. The van der Waals surface area contributed by atoms with Gasteiger partial charge in [-0.3, -0.25) is 9.48 Å². The molecule has 1 aromatic rings. The number of carbonyl (C=O) groups excluding carboxylic acids is 1. The van der Waals surface area contributed by atoms with Gasteiger partial charge in [-0.05, 0) is 24.7 Å². The second-order valence-corrected chi connectivity index (χ2v) is 4.52. The molecule has 1 rings (SSSR count). The maximum absolute atomic E-state index is 11.8. The molecule has 0 aromatic carbocycles. The van der Waals surface area contributed by atoms with E-state index in [4.69, 9.17) is 0 Å². The van der Waals surface area contributed by atoms with Gasteiger partial charge in [0.2, 0.25) is 0 Å². The van der Waals surface area contributed by atoms with Crippen LogP contribution in [-0.2, 0) is 6.54 Å². The summed E-state index contributed by atoms with van der Waals surface area (Å²) in [6, 6.07) is 1.81. The Morgan fingerprint density at radius 1 is 1.47 bits per heavy atom. The Kier molecular flexibility index (Phi) is 5.47. The highest BCUT2D eigenvalue weighted by atomic mass is 32.2. The molecule has 1 aromatic heterocycles. The van der Waals surface area contributed by atoms with Crippen LogP contribution in [0, 0.1) is 0 Å². The second kappa shape index (κ2) is 6.67. The molecular weight excluding hydrogens is 208 g/mol. The Balaban J connectivity index is 2.53. The minimum atomic E-state index is 0.194. The Morgan fingerprint density at radius 3 is 2.93 bits per heavy atom. The second-order valence-electron chi connectivity index (χ2n) is 3.42. The van der Waals surface area contributed by atoms with Crippen molar-refractivity contribution in [2.24, 2.45) is 0 Å². The van der Waals surface area contributed by atoms with Crippen molar-refractivity contribution in [2.75, 3.05) is 11.5 Å². The number of aryl methyl sites for hydroxylation is 1. The van der Waals surface area contributed by atoms with Crippen LogP contribution in [0.15, 0.2) is 12.3 Å². The molecule has 0 saturated carbocycles. The largest absolute Gasteiger partial charge is 0.292 e. The van der Waals surface area contributed by atoms with E-state index >= 15 is 0 Å². The zero-order valence-electron chi connectivity index (χ0n) is 9.40. The summed E-state index contributed by atoms with van der Waals surface area (Å²) in [6.07, 6.45) is 3.82. The molecule has 0 unspecified atom stereocenters. The fourth-order valence-corrected chi connectivity index (χ4v) is 2.11. The van der Waals surface area contributed by atoms with Gasteiger partial charge >= 0.3 is 0 Å². The number of carbonyl (C=O) groups is 1. The van der Waals surface area contributed by atoms with Gasteiger partial charge in [0.05, 0.1) is 5.75 Å². The quantitative estimate of drug-likeness (QED) is 0.529. The van der Waals surface area contributed by atoms with E-state index in [1.54, 1.807) is 22.6 Å². The molecule has 0 bridgehead atoms. The van der Waals surface area contributed by atoms with Crippen LogP contribution >= 0.6 is 11.8 Å². The van der Waals surface area contributed by atoms with Gasteiger partial charge in [0.1, 0.15) is 5.69 Å². The van der Waals surface area contributed by atoms with Gasteiger partial charge in [-0.15, -0.1) is 0 Å². The Labute approximate surface area is 95.2 Å². The molecule has 0 radical (unpaired) electrons. The Hall–Kier alpha value is -0.770. The summed E-state index contributed by atoms with van der Waals surface area (Å²) < 4.78 is 1.80. The van der Waals surface area contributed by atoms with Crippen LogP contribution in [0.4, 0.5) is 0 Å². The first-order chi connectivity index (χ1) is 7.29. The monoisotopic (exact) mass is 226 g/mol. The van der Waals surface area contributed by atoms with Crippen molar-refractivity contribution >= 4 is 17.5 Å². The lowest BCUT2D eigenvalue weighted by molar-refractivity contribution is 0.101. The molecule has 0 N–H and O–H groups in total. The van der Waals surface area contributed by atoms with E-state index in [2.05, 4.69) is 18.9 Å². The maximum atomic E-state index is 11.8. The summed E-state index contributed by atoms with van der Waals surface area (Å²) in [5.74, 6) is 1.82. The smallest absolute Gasteiger partial charge is 0.190 e. The summed E-state index contributed by atoms with van der Waals surface area (Å²) in [5, 5.41) is 4.14. The summed E-state index contributed by atoms with van der Waals surface area (Å²) in [5.41, 5.74) is 0.750. The molecule has 0 atom stereocenters. The number of rotatable bonds is 7. The first-order valence-corrected chi connectivity index (χ1v) is 6.57. The van der Waals surface area contributed by atoms with Gasteiger partial charge in [-0.25, -0.2) is 0 Å². The lowest BCUT2D eigenvalue weighted by Gasteiger charge is -2.04. The zero-order chi connectivity index (χ0) is 11.1. The molecule has 3 nitrogen and oxygen atoms in total. The van der Waals surface area contributed by atoms with Crippen molar-refractivity contribution in [2.45, 2.75) is 33.2 Å². The molecule has 15 heavy (non-hydrogen) atoms. The van der Waals surface area contributed by atoms with E-state index < -0.39 is 0 Å². The van der Waals surface area contributed by atoms with Gasteiger partial charge in [0, 0.05) is 12.7 Å². The van der Waals surface area contributed by atoms with Crippen molar-refractivity contribution in [1.29, 1.82) is 0 Å². The van der Waals surface area contributed by atoms with Crippen LogP contribution in [0.1, 0.15) is 37.2 Å². The molecule has 0 aliphatic heterocycles. The molecular formula is C11H18N2OS. The minimum Gasteiger partial charge on any atom is -0.292 e. The van der Waals surface area contributed by atoms with Crippen LogP contribution in [0.25, 0.3) is 0 Å². The normalized spacial score (nSPS) is 10.5. The van der Waals surface area contributed by atoms with Crippen molar-refractivity contribution in [3.63, 3.8) is 0 Å². The lowest BCUT2D eigenvalue weighted by Crippen LogP contribution is -2.12. The SMILES string of the molecule is CCCSCC(=O)c1ccnn1CCC. The van der Waals surface area contributed by atoms with Gasteiger partial charge in [-0.1, -0.05) is 13.8 Å². The third-order valence-corrected chi connectivity index (χ3v) is 3.18. The minimum absolute atomic E-state index is 0.194. The lowest BCUT2D eigenvalue weighted by atomic mass is 10.3. The van der Waals surface area contributed by atoms with Crippen molar-refractivity contribution < 1.29 is 4.79 Å².